The summed E-state index contributed by atoms with van der Waals surface area (Å²) < 4.78 is 4.93. The van der Waals surface area contributed by atoms with E-state index in [1.165, 1.54) is 0 Å². The molecule has 0 bridgehead atoms. The molecule has 1 N–H and O–H groups in total. The van der Waals surface area contributed by atoms with Gasteiger partial charge in [0.1, 0.15) is 5.75 Å². The lowest BCUT2D eigenvalue weighted by Crippen LogP contribution is -2.07. The molecule has 104 valence electrons. The van der Waals surface area contributed by atoms with Crippen LogP contribution in [0.2, 0.25) is 0 Å². The number of rotatable bonds is 4. The van der Waals surface area contributed by atoms with Crippen LogP contribution in [-0.2, 0) is 6.42 Å². The van der Waals surface area contributed by atoms with E-state index < -0.39 is 6.16 Å². The Bertz CT molecular complexity index is 588. The van der Waals surface area contributed by atoms with Crippen LogP contribution < -0.4 is 4.74 Å². The zero-order chi connectivity index (χ0) is 14.5. The SMILES string of the molecule is CC(C)Cc1c(OC(=O)O)cccc1-c1ccccc1. The summed E-state index contributed by atoms with van der Waals surface area (Å²) >= 11 is 0. The van der Waals surface area contributed by atoms with Gasteiger partial charge in [-0.25, -0.2) is 4.79 Å². The van der Waals surface area contributed by atoms with Gasteiger partial charge in [-0.2, -0.15) is 0 Å². The molecule has 0 amide bonds. The number of carbonyl (C=O) groups is 1. The van der Waals surface area contributed by atoms with Crippen molar-refractivity contribution in [3.05, 3.63) is 54.1 Å². The largest absolute Gasteiger partial charge is 0.511 e. The van der Waals surface area contributed by atoms with E-state index in [2.05, 4.69) is 13.8 Å². The van der Waals surface area contributed by atoms with E-state index >= 15 is 0 Å². The number of benzene rings is 2. The second-order valence-electron chi connectivity index (χ2n) is 5.11. The quantitative estimate of drug-likeness (QED) is 0.652. The summed E-state index contributed by atoms with van der Waals surface area (Å²) in [5.41, 5.74) is 3.04. The lowest BCUT2D eigenvalue weighted by molar-refractivity contribution is 0.144. The van der Waals surface area contributed by atoms with Crippen molar-refractivity contribution >= 4 is 6.16 Å². The summed E-state index contributed by atoms with van der Waals surface area (Å²) in [5, 5.41) is 8.86. The van der Waals surface area contributed by atoms with Crippen LogP contribution >= 0.6 is 0 Å². The van der Waals surface area contributed by atoms with Gasteiger partial charge in [0.25, 0.3) is 0 Å². The average Bonchev–Trinajstić information content (AvgIpc) is 2.40. The molecule has 0 aliphatic carbocycles. The minimum atomic E-state index is -1.28. The minimum Gasteiger partial charge on any atom is -0.449 e. The number of carboxylic acid groups (broad SMARTS) is 1. The molecule has 0 aliphatic rings. The molecular weight excluding hydrogens is 252 g/mol. The van der Waals surface area contributed by atoms with E-state index in [1.807, 2.05) is 42.5 Å². The molecule has 0 unspecified atom stereocenters. The van der Waals surface area contributed by atoms with Crippen LogP contribution in [0.25, 0.3) is 11.1 Å². The Kier molecular flexibility index (Phi) is 4.41. The highest BCUT2D eigenvalue weighted by Gasteiger charge is 2.14. The van der Waals surface area contributed by atoms with Gasteiger partial charge in [-0.15, -0.1) is 0 Å². The van der Waals surface area contributed by atoms with E-state index in [-0.39, 0.29) is 0 Å². The highest BCUT2D eigenvalue weighted by molar-refractivity contribution is 5.72. The van der Waals surface area contributed by atoms with E-state index in [4.69, 9.17) is 9.84 Å². The summed E-state index contributed by atoms with van der Waals surface area (Å²) in [6.07, 6.45) is -0.506. The molecule has 0 saturated heterocycles. The molecule has 3 heteroatoms. The molecule has 3 nitrogen and oxygen atoms in total. The normalized spacial score (nSPS) is 10.6. The standard InChI is InChI=1S/C17H18O3/c1-12(2)11-15-14(13-7-4-3-5-8-13)9-6-10-16(15)20-17(18)19/h3-10,12H,11H2,1-2H3,(H,18,19). The molecular formula is C17H18O3. The van der Waals surface area contributed by atoms with Gasteiger partial charge in [-0.1, -0.05) is 56.3 Å². The zero-order valence-corrected chi connectivity index (χ0v) is 11.7. The second-order valence-corrected chi connectivity index (χ2v) is 5.11. The predicted octanol–water partition coefficient (Wildman–Crippen LogP) is 4.61. The summed E-state index contributed by atoms with van der Waals surface area (Å²) in [6.45, 7) is 4.21. The topological polar surface area (TPSA) is 46.5 Å². The Hall–Kier alpha value is -2.29. The van der Waals surface area contributed by atoms with Crippen LogP contribution in [0.5, 0.6) is 5.75 Å². The van der Waals surface area contributed by atoms with Crippen molar-refractivity contribution in [2.45, 2.75) is 20.3 Å². The van der Waals surface area contributed by atoms with Crippen molar-refractivity contribution in [1.29, 1.82) is 0 Å². The molecule has 0 saturated carbocycles. The van der Waals surface area contributed by atoms with Gasteiger partial charge in [-0.3, -0.25) is 0 Å². The van der Waals surface area contributed by atoms with Crippen molar-refractivity contribution in [3.8, 4) is 16.9 Å². The fraction of sp³-hybridized carbons (Fsp3) is 0.235. The molecule has 2 aromatic rings. The van der Waals surface area contributed by atoms with Gasteiger partial charge in [-0.05, 0) is 29.5 Å². The van der Waals surface area contributed by atoms with Gasteiger partial charge in [0.05, 0.1) is 0 Å². The minimum absolute atomic E-state index is 0.413. The summed E-state index contributed by atoms with van der Waals surface area (Å²) in [7, 11) is 0. The van der Waals surface area contributed by atoms with Crippen LogP contribution in [0.15, 0.2) is 48.5 Å². The van der Waals surface area contributed by atoms with Crippen molar-refractivity contribution in [2.75, 3.05) is 0 Å². The Labute approximate surface area is 118 Å². The van der Waals surface area contributed by atoms with Crippen LogP contribution in [0.4, 0.5) is 4.79 Å². The highest BCUT2D eigenvalue weighted by atomic mass is 16.7. The Morgan fingerprint density at radius 3 is 2.40 bits per heavy atom. The van der Waals surface area contributed by atoms with Gasteiger partial charge in [0, 0.05) is 5.56 Å². The van der Waals surface area contributed by atoms with Crippen molar-refractivity contribution in [1.82, 2.24) is 0 Å². The molecule has 2 aromatic carbocycles. The lowest BCUT2D eigenvalue weighted by atomic mass is 9.93. The maximum Gasteiger partial charge on any atom is 0.511 e. The molecule has 0 spiro atoms. The van der Waals surface area contributed by atoms with Crippen molar-refractivity contribution < 1.29 is 14.6 Å². The third kappa shape index (κ3) is 3.38. The van der Waals surface area contributed by atoms with Crippen LogP contribution in [0.3, 0.4) is 0 Å². The molecule has 0 heterocycles. The molecule has 0 aromatic heterocycles. The van der Waals surface area contributed by atoms with Crippen LogP contribution in [-0.4, -0.2) is 11.3 Å². The average molecular weight is 270 g/mol. The molecule has 2 rings (SSSR count). The highest BCUT2D eigenvalue weighted by Crippen LogP contribution is 2.32. The zero-order valence-electron chi connectivity index (χ0n) is 11.7. The molecule has 0 radical (unpaired) electrons. The first-order valence-corrected chi connectivity index (χ1v) is 6.66. The van der Waals surface area contributed by atoms with E-state index in [0.717, 1.165) is 23.1 Å². The molecule has 20 heavy (non-hydrogen) atoms. The third-order valence-corrected chi connectivity index (χ3v) is 3.03. The Morgan fingerprint density at radius 1 is 1.10 bits per heavy atom. The predicted molar refractivity (Wildman–Crippen MR) is 79.1 cm³/mol. The monoisotopic (exact) mass is 270 g/mol. The van der Waals surface area contributed by atoms with E-state index in [0.29, 0.717) is 11.7 Å². The number of hydrogen-bond donors (Lipinski definition) is 1. The molecule has 0 atom stereocenters. The first-order valence-electron chi connectivity index (χ1n) is 6.66. The maximum absolute atomic E-state index is 10.8. The molecule has 0 fully saturated rings. The summed E-state index contributed by atoms with van der Waals surface area (Å²) in [5.74, 6) is 0.837. The smallest absolute Gasteiger partial charge is 0.449 e. The van der Waals surface area contributed by atoms with Gasteiger partial charge >= 0.3 is 6.16 Å². The Balaban J connectivity index is 2.52. The van der Waals surface area contributed by atoms with Gasteiger partial charge in [0.15, 0.2) is 0 Å². The Morgan fingerprint density at radius 2 is 1.80 bits per heavy atom. The first kappa shape index (κ1) is 14.1. The fourth-order valence-electron chi connectivity index (χ4n) is 2.26. The summed E-state index contributed by atoms with van der Waals surface area (Å²) in [6, 6.07) is 15.5. The number of ether oxygens (including phenoxy) is 1. The van der Waals surface area contributed by atoms with Crippen LogP contribution in [0.1, 0.15) is 19.4 Å². The van der Waals surface area contributed by atoms with Crippen molar-refractivity contribution in [2.24, 2.45) is 5.92 Å². The first-order chi connectivity index (χ1) is 9.58. The van der Waals surface area contributed by atoms with Crippen LogP contribution in [0, 0.1) is 5.92 Å². The van der Waals surface area contributed by atoms with E-state index in [9.17, 15) is 4.79 Å². The van der Waals surface area contributed by atoms with Gasteiger partial charge in [0.2, 0.25) is 0 Å². The van der Waals surface area contributed by atoms with Gasteiger partial charge < -0.3 is 9.84 Å². The lowest BCUT2D eigenvalue weighted by Gasteiger charge is -2.15. The second kappa shape index (κ2) is 6.24. The summed E-state index contributed by atoms with van der Waals surface area (Å²) in [4.78, 5) is 10.8. The molecule has 0 aliphatic heterocycles. The fourth-order valence-corrected chi connectivity index (χ4v) is 2.26. The van der Waals surface area contributed by atoms with Crippen molar-refractivity contribution in [3.63, 3.8) is 0 Å². The number of hydrogen-bond acceptors (Lipinski definition) is 2. The third-order valence-electron chi connectivity index (χ3n) is 3.03. The van der Waals surface area contributed by atoms with E-state index in [1.54, 1.807) is 6.07 Å². The maximum atomic E-state index is 10.8.